The number of aromatic nitrogens is 6. The molecule has 0 saturated heterocycles. The highest BCUT2D eigenvalue weighted by molar-refractivity contribution is 5.83. The van der Waals surface area contributed by atoms with Crippen LogP contribution in [-0.2, 0) is 17.5 Å². The number of fused-ring (bicyclic) bond motifs is 2. The van der Waals surface area contributed by atoms with Crippen LogP contribution >= 0.6 is 0 Å². The Morgan fingerprint density at radius 2 is 0.837 bits per heavy atom. The number of phenolic OH excluding ortho intramolecular Hbond substituents is 2. The summed E-state index contributed by atoms with van der Waals surface area (Å²) in [6.45, 7) is 22.3. The Morgan fingerprint density at radius 1 is 0.490 bits per heavy atom. The van der Waals surface area contributed by atoms with Crippen molar-refractivity contribution in [1.82, 2.24) is 30.0 Å². The normalized spacial score (nSPS) is 13.1. The van der Waals surface area contributed by atoms with Gasteiger partial charge in [-0.15, -0.1) is 10.2 Å². The quantitative estimate of drug-likeness (QED) is 0.169. The van der Waals surface area contributed by atoms with Crippen molar-refractivity contribution < 1.29 is 10.2 Å². The van der Waals surface area contributed by atoms with Gasteiger partial charge in [0.1, 0.15) is 22.5 Å². The van der Waals surface area contributed by atoms with Crippen LogP contribution in [0.4, 0.5) is 0 Å². The van der Waals surface area contributed by atoms with Crippen molar-refractivity contribution >= 4 is 22.1 Å². The summed E-state index contributed by atoms with van der Waals surface area (Å²) in [4.78, 5) is 0. The zero-order valence-corrected chi connectivity index (χ0v) is 30.6. The highest BCUT2D eigenvalue weighted by Gasteiger charge is 2.31. The minimum atomic E-state index is -0.225. The second-order valence-electron chi connectivity index (χ2n) is 17.4. The summed E-state index contributed by atoms with van der Waals surface area (Å²) < 4.78 is 4.07. The zero-order chi connectivity index (χ0) is 35.5. The number of nitrogens with zero attached hydrogens (tertiary/aromatic N) is 6. The predicted molar refractivity (Wildman–Crippen MR) is 199 cm³/mol. The van der Waals surface area contributed by atoms with Crippen LogP contribution in [0, 0.1) is 10.8 Å². The second-order valence-corrected chi connectivity index (χ2v) is 17.4. The first kappa shape index (κ1) is 34.2. The lowest BCUT2D eigenvalue weighted by Gasteiger charge is -2.32. The molecule has 0 spiro atoms. The molecular weight excluding hydrogens is 608 g/mol. The Kier molecular flexibility index (Phi) is 8.37. The number of benzene rings is 4. The Morgan fingerprint density at radius 3 is 1.20 bits per heavy atom. The van der Waals surface area contributed by atoms with Crippen molar-refractivity contribution in [1.29, 1.82) is 0 Å². The minimum absolute atomic E-state index is 0.129. The molecule has 49 heavy (non-hydrogen) atoms. The first-order chi connectivity index (χ1) is 22.8. The van der Waals surface area contributed by atoms with Crippen LogP contribution in [0.15, 0.2) is 72.8 Å². The van der Waals surface area contributed by atoms with Gasteiger partial charge in [-0.25, -0.2) is 9.36 Å². The molecule has 2 heterocycles. The lowest BCUT2D eigenvalue weighted by molar-refractivity contribution is 0.200. The summed E-state index contributed by atoms with van der Waals surface area (Å²) in [6, 6.07) is 23.7. The average molecular weight is 659 g/mol. The number of hydrogen-bond donors (Lipinski definition) is 2. The number of hydrogen-bond acceptors (Lipinski definition) is 6. The van der Waals surface area contributed by atoms with Crippen LogP contribution in [0.25, 0.3) is 44.3 Å². The SMILES string of the molecule is CC(C)(C)CC(C)(C)n1nnc2ccc(-c3ccc(O)c(Cc4cc(-c5ccc6nnn(C(C)(C)CC(C)(C)C)c6c5)ccc4O)c3)cc21. The van der Waals surface area contributed by atoms with Crippen LogP contribution in [0.5, 0.6) is 11.5 Å². The molecule has 0 aliphatic rings. The fourth-order valence-electron chi connectivity index (χ4n) is 7.85. The molecule has 0 aliphatic heterocycles. The topological polar surface area (TPSA) is 102 Å². The average Bonchev–Trinajstić information content (AvgIpc) is 3.62. The number of aromatic hydroxyl groups is 2. The lowest BCUT2D eigenvalue weighted by Crippen LogP contribution is -2.32. The molecule has 0 aliphatic carbocycles. The molecule has 0 radical (unpaired) electrons. The molecule has 0 amide bonds. The molecule has 256 valence electrons. The predicted octanol–water partition coefficient (Wildman–Crippen LogP) is 9.85. The monoisotopic (exact) mass is 658 g/mol. The maximum Gasteiger partial charge on any atom is 0.119 e. The highest BCUT2D eigenvalue weighted by atomic mass is 16.3. The fourth-order valence-corrected chi connectivity index (χ4v) is 7.85. The van der Waals surface area contributed by atoms with Gasteiger partial charge in [-0.05, 0) is 133 Å². The summed E-state index contributed by atoms with van der Waals surface area (Å²) in [5.41, 5.74) is 8.86. The number of phenols is 2. The highest BCUT2D eigenvalue weighted by Crippen LogP contribution is 2.38. The Labute approximate surface area is 289 Å². The molecule has 2 N–H and O–H groups in total. The molecular formula is C41H50N6O2. The Hall–Kier alpha value is -4.72. The van der Waals surface area contributed by atoms with Gasteiger partial charge in [-0.2, -0.15) is 0 Å². The number of rotatable bonds is 8. The van der Waals surface area contributed by atoms with E-state index in [1.54, 1.807) is 12.1 Å². The lowest BCUT2D eigenvalue weighted by atomic mass is 9.82. The third-order valence-electron chi connectivity index (χ3n) is 9.17. The van der Waals surface area contributed by atoms with Gasteiger partial charge in [-0.1, -0.05) is 76.2 Å². The van der Waals surface area contributed by atoms with Crippen LogP contribution in [-0.4, -0.2) is 40.2 Å². The molecule has 0 unspecified atom stereocenters. The third kappa shape index (κ3) is 7.19. The largest absolute Gasteiger partial charge is 0.508 e. The third-order valence-corrected chi connectivity index (χ3v) is 9.17. The fraction of sp³-hybridized carbons (Fsp3) is 0.415. The van der Waals surface area contributed by atoms with Gasteiger partial charge in [0, 0.05) is 6.42 Å². The van der Waals surface area contributed by atoms with Crippen molar-refractivity contribution in [2.24, 2.45) is 10.8 Å². The van der Waals surface area contributed by atoms with E-state index in [0.29, 0.717) is 6.42 Å². The molecule has 8 nitrogen and oxygen atoms in total. The molecule has 6 rings (SSSR count). The van der Waals surface area contributed by atoms with Gasteiger partial charge in [-0.3, -0.25) is 0 Å². The molecule has 0 fully saturated rings. The zero-order valence-electron chi connectivity index (χ0n) is 30.6. The summed E-state index contributed by atoms with van der Waals surface area (Å²) in [7, 11) is 0. The maximum absolute atomic E-state index is 11.0. The summed E-state index contributed by atoms with van der Waals surface area (Å²) in [6.07, 6.45) is 2.25. The first-order valence-electron chi connectivity index (χ1n) is 17.2. The molecule has 0 atom stereocenters. The Balaban J connectivity index is 1.32. The first-order valence-corrected chi connectivity index (χ1v) is 17.2. The van der Waals surface area contributed by atoms with E-state index in [9.17, 15) is 10.2 Å². The maximum atomic E-state index is 11.0. The minimum Gasteiger partial charge on any atom is -0.508 e. The van der Waals surface area contributed by atoms with Crippen LogP contribution < -0.4 is 0 Å². The molecule has 0 bridgehead atoms. The smallest absolute Gasteiger partial charge is 0.119 e. The van der Waals surface area contributed by atoms with Gasteiger partial charge in [0.2, 0.25) is 0 Å². The van der Waals surface area contributed by atoms with E-state index in [1.165, 1.54) is 0 Å². The van der Waals surface area contributed by atoms with E-state index in [0.717, 1.165) is 68.3 Å². The van der Waals surface area contributed by atoms with Crippen LogP contribution in [0.2, 0.25) is 0 Å². The van der Waals surface area contributed by atoms with Crippen molar-refractivity contribution in [3.05, 3.63) is 83.9 Å². The van der Waals surface area contributed by atoms with E-state index in [1.807, 2.05) is 57.9 Å². The molecule has 0 saturated carbocycles. The van der Waals surface area contributed by atoms with E-state index in [2.05, 4.69) is 102 Å². The van der Waals surface area contributed by atoms with Crippen molar-refractivity contribution in [2.45, 2.75) is 99.6 Å². The standard InChI is InChI=1S/C41H50N6O2/c1-38(2,3)24-40(7,8)46-34-22-28(11-15-32(34)42-44-46)26-13-17-36(48)30(19-26)21-31-20-27(14-18-37(31)49)29-12-16-33-35(23-29)47(45-43-33)41(9,10)25-39(4,5)6/h11-20,22-23,48-49H,21,24-25H2,1-10H3. The molecule has 4 aromatic carbocycles. The van der Waals surface area contributed by atoms with E-state index < -0.39 is 0 Å². The van der Waals surface area contributed by atoms with Gasteiger partial charge in [0.15, 0.2) is 0 Å². The van der Waals surface area contributed by atoms with Gasteiger partial charge >= 0.3 is 0 Å². The Bertz CT molecular complexity index is 2000. The van der Waals surface area contributed by atoms with Crippen LogP contribution in [0.3, 0.4) is 0 Å². The van der Waals surface area contributed by atoms with Crippen molar-refractivity contribution in [3.63, 3.8) is 0 Å². The van der Waals surface area contributed by atoms with E-state index in [4.69, 9.17) is 0 Å². The van der Waals surface area contributed by atoms with Gasteiger partial charge in [0.05, 0.1) is 22.1 Å². The van der Waals surface area contributed by atoms with Gasteiger partial charge in [0.25, 0.3) is 0 Å². The molecule has 8 heteroatoms. The van der Waals surface area contributed by atoms with Crippen LogP contribution in [0.1, 0.15) is 93.2 Å². The summed E-state index contributed by atoms with van der Waals surface area (Å²) in [5, 5.41) is 40.0. The molecule has 6 aromatic rings. The second kappa shape index (κ2) is 12.0. The van der Waals surface area contributed by atoms with E-state index in [-0.39, 0.29) is 33.4 Å². The summed E-state index contributed by atoms with van der Waals surface area (Å²) in [5.74, 6) is 0.371. The van der Waals surface area contributed by atoms with E-state index >= 15 is 0 Å². The molecule has 2 aromatic heterocycles. The van der Waals surface area contributed by atoms with Crippen molar-refractivity contribution in [3.8, 4) is 33.8 Å². The van der Waals surface area contributed by atoms with Crippen molar-refractivity contribution in [2.75, 3.05) is 0 Å². The van der Waals surface area contributed by atoms with Gasteiger partial charge < -0.3 is 10.2 Å². The summed E-state index contributed by atoms with van der Waals surface area (Å²) >= 11 is 0.